The molecule has 1 aliphatic rings. The Morgan fingerprint density at radius 1 is 1.18 bits per heavy atom. The van der Waals surface area contributed by atoms with E-state index in [1.165, 1.54) is 0 Å². The second-order valence-electron chi connectivity index (χ2n) is 5.67. The lowest BCUT2D eigenvalue weighted by molar-refractivity contribution is -0.111. The van der Waals surface area contributed by atoms with Gasteiger partial charge in [0.25, 0.3) is 0 Å². The zero-order valence-corrected chi connectivity index (χ0v) is 13.2. The second-order valence-corrected chi connectivity index (χ2v) is 5.67. The van der Waals surface area contributed by atoms with Crippen molar-refractivity contribution in [3.63, 3.8) is 0 Å². The summed E-state index contributed by atoms with van der Waals surface area (Å²) in [6.07, 6.45) is 3.21. The number of benzene rings is 1. The summed E-state index contributed by atoms with van der Waals surface area (Å²) in [4.78, 5) is 28.8. The van der Waals surface area contributed by atoms with Crippen molar-refractivity contribution >= 4 is 17.5 Å². The molecule has 0 radical (unpaired) electrons. The third-order valence-corrected chi connectivity index (χ3v) is 3.43. The average molecular weight is 297 g/mol. The van der Waals surface area contributed by atoms with E-state index in [-0.39, 0.29) is 11.7 Å². The molecular weight excluding hydrogens is 278 g/mol. The van der Waals surface area contributed by atoms with E-state index < -0.39 is 5.97 Å². The molecule has 2 rings (SSSR count). The first kappa shape index (κ1) is 15.9. The van der Waals surface area contributed by atoms with Crippen molar-refractivity contribution < 1.29 is 14.4 Å². The highest BCUT2D eigenvalue weighted by Gasteiger charge is 2.19. The molecule has 0 amide bonds. The number of nitrogens with zero attached hydrogens (tertiary/aromatic N) is 1. The standard InChI is InChI=1S/C18H19NO3/c1-11(2)15-10-17(20)13(4)9-16(15)19-22-18(21)14-7-5-6-12(3)8-14/h5-11H,1-4H3. The molecule has 1 aliphatic carbocycles. The van der Waals surface area contributed by atoms with Gasteiger partial charge in [-0.3, -0.25) is 4.79 Å². The van der Waals surface area contributed by atoms with E-state index in [2.05, 4.69) is 5.16 Å². The summed E-state index contributed by atoms with van der Waals surface area (Å²) in [5.41, 5.74) is 3.30. The molecular formula is C18H19NO3. The van der Waals surface area contributed by atoms with Crippen LogP contribution in [0.2, 0.25) is 0 Å². The van der Waals surface area contributed by atoms with Gasteiger partial charge in [0.15, 0.2) is 5.78 Å². The molecule has 1 aromatic rings. The van der Waals surface area contributed by atoms with Crippen LogP contribution in [0.25, 0.3) is 0 Å². The average Bonchev–Trinajstić information content (AvgIpc) is 2.47. The monoisotopic (exact) mass is 297 g/mol. The lowest BCUT2D eigenvalue weighted by Crippen LogP contribution is -2.16. The molecule has 0 unspecified atom stereocenters. The molecule has 0 saturated carbocycles. The normalized spacial score (nSPS) is 16.6. The maximum Gasteiger partial charge on any atom is 0.365 e. The minimum atomic E-state index is -0.512. The highest BCUT2D eigenvalue weighted by molar-refractivity contribution is 6.21. The maximum atomic E-state index is 12.0. The van der Waals surface area contributed by atoms with Gasteiger partial charge >= 0.3 is 5.97 Å². The van der Waals surface area contributed by atoms with Crippen LogP contribution in [0.5, 0.6) is 0 Å². The molecule has 4 heteroatoms. The Hall–Kier alpha value is -2.49. The van der Waals surface area contributed by atoms with Crippen molar-refractivity contribution in [2.45, 2.75) is 27.7 Å². The summed E-state index contributed by atoms with van der Waals surface area (Å²) in [5.74, 6) is -0.431. The van der Waals surface area contributed by atoms with Crippen molar-refractivity contribution in [2.75, 3.05) is 0 Å². The van der Waals surface area contributed by atoms with Crippen LogP contribution in [0, 0.1) is 12.8 Å². The molecule has 1 aromatic carbocycles. The maximum absolute atomic E-state index is 12.0. The smallest absolute Gasteiger partial charge is 0.312 e. The number of aryl methyl sites for hydroxylation is 1. The number of ketones is 1. The molecule has 22 heavy (non-hydrogen) atoms. The zero-order chi connectivity index (χ0) is 16.3. The van der Waals surface area contributed by atoms with E-state index in [0.717, 1.165) is 11.1 Å². The van der Waals surface area contributed by atoms with Crippen LogP contribution < -0.4 is 0 Å². The third kappa shape index (κ3) is 3.58. The molecule has 0 bridgehead atoms. The first-order valence-electron chi connectivity index (χ1n) is 7.19. The highest BCUT2D eigenvalue weighted by Crippen LogP contribution is 2.20. The Bertz CT molecular complexity index is 709. The van der Waals surface area contributed by atoms with Gasteiger partial charge < -0.3 is 4.84 Å². The number of carbonyl (C=O) groups excluding carboxylic acids is 2. The first-order valence-corrected chi connectivity index (χ1v) is 7.19. The van der Waals surface area contributed by atoms with Crippen LogP contribution >= 0.6 is 0 Å². The number of carbonyl (C=O) groups is 2. The fourth-order valence-corrected chi connectivity index (χ4v) is 2.15. The van der Waals surface area contributed by atoms with Crippen molar-refractivity contribution in [1.82, 2.24) is 0 Å². The molecule has 0 aliphatic heterocycles. The summed E-state index contributed by atoms with van der Waals surface area (Å²) < 4.78 is 0. The lowest BCUT2D eigenvalue weighted by Gasteiger charge is -2.15. The summed E-state index contributed by atoms with van der Waals surface area (Å²) in [6, 6.07) is 7.12. The number of rotatable bonds is 3. The fourth-order valence-electron chi connectivity index (χ4n) is 2.15. The highest BCUT2D eigenvalue weighted by atomic mass is 16.7. The first-order chi connectivity index (χ1) is 10.4. The van der Waals surface area contributed by atoms with Crippen LogP contribution in [-0.4, -0.2) is 17.5 Å². The lowest BCUT2D eigenvalue weighted by atomic mass is 9.90. The van der Waals surface area contributed by atoms with E-state index in [4.69, 9.17) is 4.84 Å². The SMILES string of the molecule is CC1=CC(=NOC(=O)c2cccc(C)c2)C(C(C)C)=CC1=O. The zero-order valence-electron chi connectivity index (χ0n) is 13.2. The molecule has 114 valence electrons. The second kappa shape index (κ2) is 6.52. The van der Waals surface area contributed by atoms with Gasteiger partial charge in [-0.1, -0.05) is 36.7 Å². The Kier molecular flexibility index (Phi) is 4.71. The van der Waals surface area contributed by atoms with Gasteiger partial charge in [0.1, 0.15) is 5.71 Å². The van der Waals surface area contributed by atoms with Crippen molar-refractivity contribution in [2.24, 2.45) is 11.1 Å². The fraction of sp³-hybridized carbons (Fsp3) is 0.278. The van der Waals surface area contributed by atoms with Gasteiger partial charge in [0.2, 0.25) is 0 Å². The van der Waals surface area contributed by atoms with Crippen molar-refractivity contribution in [1.29, 1.82) is 0 Å². The third-order valence-electron chi connectivity index (χ3n) is 3.43. The van der Waals surface area contributed by atoms with Gasteiger partial charge in [-0.15, -0.1) is 0 Å². The van der Waals surface area contributed by atoms with Crippen molar-refractivity contribution in [3.8, 4) is 0 Å². The minimum absolute atomic E-state index is 0.0346. The molecule has 0 saturated heterocycles. The number of allylic oxidation sites excluding steroid dienone is 4. The van der Waals surface area contributed by atoms with Crippen LogP contribution in [0.3, 0.4) is 0 Å². The van der Waals surface area contributed by atoms with Gasteiger partial charge in [-0.05, 0) is 55.2 Å². The molecule has 0 fully saturated rings. The summed E-state index contributed by atoms with van der Waals surface area (Å²) >= 11 is 0. The van der Waals surface area contributed by atoms with Crippen molar-refractivity contribution in [3.05, 3.63) is 58.7 Å². The molecule has 4 nitrogen and oxygen atoms in total. The van der Waals surface area contributed by atoms with E-state index in [1.807, 2.05) is 26.8 Å². The van der Waals surface area contributed by atoms with E-state index in [0.29, 0.717) is 16.8 Å². The summed E-state index contributed by atoms with van der Waals surface area (Å²) in [7, 11) is 0. The number of hydrogen-bond acceptors (Lipinski definition) is 4. The van der Waals surface area contributed by atoms with Gasteiger partial charge in [0.05, 0.1) is 5.56 Å². The van der Waals surface area contributed by atoms with Gasteiger partial charge in [0, 0.05) is 0 Å². The molecule has 0 atom stereocenters. The van der Waals surface area contributed by atoms with Gasteiger partial charge in [-0.2, -0.15) is 0 Å². The Labute approximate surface area is 130 Å². The van der Waals surface area contributed by atoms with E-state index >= 15 is 0 Å². The summed E-state index contributed by atoms with van der Waals surface area (Å²) in [6.45, 7) is 7.55. The van der Waals surface area contributed by atoms with Crippen LogP contribution in [0.15, 0.2) is 52.7 Å². The van der Waals surface area contributed by atoms with Gasteiger partial charge in [-0.25, -0.2) is 4.79 Å². The largest absolute Gasteiger partial charge is 0.365 e. The van der Waals surface area contributed by atoms with E-state index in [9.17, 15) is 9.59 Å². The van der Waals surface area contributed by atoms with Crippen LogP contribution in [-0.2, 0) is 9.63 Å². The van der Waals surface area contributed by atoms with Crippen LogP contribution in [0.4, 0.5) is 0 Å². The Balaban J connectivity index is 2.23. The topological polar surface area (TPSA) is 55.7 Å². The predicted octanol–water partition coefficient (Wildman–Crippen LogP) is 3.62. The molecule has 0 aromatic heterocycles. The Morgan fingerprint density at radius 2 is 1.91 bits per heavy atom. The molecule has 0 heterocycles. The summed E-state index contributed by atoms with van der Waals surface area (Å²) in [5, 5.41) is 3.95. The number of oxime groups is 1. The quantitative estimate of drug-likeness (QED) is 0.486. The predicted molar refractivity (Wildman–Crippen MR) is 85.7 cm³/mol. The van der Waals surface area contributed by atoms with Crippen LogP contribution in [0.1, 0.15) is 36.7 Å². The molecule has 0 spiro atoms. The minimum Gasteiger partial charge on any atom is -0.312 e. The van der Waals surface area contributed by atoms with E-state index in [1.54, 1.807) is 37.3 Å². The molecule has 0 N–H and O–H groups in total. The Morgan fingerprint density at radius 3 is 2.55 bits per heavy atom. The number of hydrogen-bond donors (Lipinski definition) is 0.